The molecule has 1 amide bonds. The van der Waals surface area contributed by atoms with Gasteiger partial charge < -0.3 is 15.4 Å². The standard InChI is InChI=1S/C20H27N5O2/c1-14-12-15(2)19(16(3)13-14)22-20(26)17-4-5-18(24-23-17)21-6-7-25-8-10-27-11-9-25/h4-5,12-13H,6-11H2,1-3H3,(H,21,24)(H,22,26). The van der Waals surface area contributed by atoms with Crippen LogP contribution in [0.2, 0.25) is 0 Å². The Kier molecular flexibility index (Phi) is 6.36. The highest BCUT2D eigenvalue weighted by molar-refractivity contribution is 6.03. The van der Waals surface area contributed by atoms with Gasteiger partial charge in [-0.1, -0.05) is 17.7 Å². The van der Waals surface area contributed by atoms with Crippen molar-refractivity contribution in [2.24, 2.45) is 0 Å². The molecule has 0 radical (unpaired) electrons. The van der Waals surface area contributed by atoms with Crippen molar-refractivity contribution in [1.82, 2.24) is 15.1 Å². The molecule has 1 aliphatic rings. The fraction of sp³-hybridized carbons (Fsp3) is 0.450. The predicted octanol–water partition coefficient (Wildman–Crippen LogP) is 2.40. The van der Waals surface area contributed by atoms with Crippen LogP contribution in [-0.2, 0) is 4.74 Å². The third-order valence-corrected chi connectivity index (χ3v) is 4.65. The summed E-state index contributed by atoms with van der Waals surface area (Å²) in [4.78, 5) is 14.8. The molecule has 7 heteroatoms. The number of benzene rings is 1. The summed E-state index contributed by atoms with van der Waals surface area (Å²) >= 11 is 0. The first-order valence-electron chi connectivity index (χ1n) is 9.30. The van der Waals surface area contributed by atoms with Crippen molar-refractivity contribution in [3.8, 4) is 0 Å². The molecule has 27 heavy (non-hydrogen) atoms. The van der Waals surface area contributed by atoms with E-state index in [0.717, 1.165) is 56.2 Å². The number of nitrogens with one attached hydrogen (secondary N) is 2. The fourth-order valence-corrected chi connectivity index (χ4v) is 3.27. The van der Waals surface area contributed by atoms with E-state index in [1.807, 2.05) is 20.8 Å². The van der Waals surface area contributed by atoms with Gasteiger partial charge in [0.05, 0.1) is 13.2 Å². The molecule has 7 nitrogen and oxygen atoms in total. The summed E-state index contributed by atoms with van der Waals surface area (Å²) in [7, 11) is 0. The van der Waals surface area contributed by atoms with Gasteiger partial charge in [0.1, 0.15) is 5.82 Å². The third-order valence-electron chi connectivity index (χ3n) is 4.65. The Bertz CT molecular complexity index is 762. The Morgan fingerprint density at radius 1 is 1.11 bits per heavy atom. The average molecular weight is 369 g/mol. The number of ether oxygens (including phenoxy) is 1. The molecule has 1 saturated heterocycles. The van der Waals surface area contributed by atoms with Crippen LogP contribution in [0, 0.1) is 20.8 Å². The first kappa shape index (κ1) is 19.3. The number of hydrogen-bond donors (Lipinski definition) is 2. The van der Waals surface area contributed by atoms with Crippen molar-refractivity contribution in [3.05, 3.63) is 46.6 Å². The average Bonchev–Trinajstić information content (AvgIpc) is 2.66. The van der Waals surface area contributed by atoms with Crippen molar-refractivity contribution >= 4 is 17.4 Å². The Balaban J connectivity index is 1.54. The van der Waals surface area contributed by atoms with Gasteiger partial charge in [-0.2, -0.15) is 0 Å². The number of rotatable bonds is 6. The first-order valence-corrected chi connectivity index (χ1v) is 9.30. The number of anilines is 2. The molecule has 0 saturated carbocycles. The molecule has 1 aromatic heterocycles. The number of nitrogens with zero attached hydrogens (tertiary/aromatic N) is 3. The van der Waals surface area contributed by atoms with Crippen molar-refractivity contribution in [2.45, 2.75) is 20.8 Å². The van der Waals surface area contributed by atoms with Crippen LogP contribution < -0.4 is 10.6 Å². The minimum absolute atomic E-state index is 0.252. The maximum Gasteiger partial charge on any atom is 0.276 e. The van der Waals surface area contributed by atoms with Crippen molar-refractivity contribution in [1.29, 1.82) is 0 Å². The van der Waals surface area contributed by atoms with Crippen LogP contribution in [-0.4, -0.2) is 60.4 Å². The van der Waals surface area contributed by atoms with E-state index in [4.69, 9.17) is 4.74 Å². The number of aryl methyl sites for hydroxylation is 3. The highest BCUT2D eigenvalue weighted by atomic mass is 16.5. The Labute approximate surface area is 160 Å². The van der Waals surface area contributed by atoms with Crippen LogP contribution in [0.1, 0.15) is 27.2 Å². The van der Waals surface area contributed by atoms with Crippen molar-refractivity contribution in [3.63, 3.8) is 0 Å². The second kappa shape index (κ2) is 8.92. The molecule has 0 aliphatic carbocycles. The third kappa shape index (κ3) is 5.24. The summed E-state index contributed by atoms with van der Waals surface area (Å²) in [5.74, 6) is 0.417. The maximum atomic E-state index is 12.5. The normalized spacial score (nSPS) is 14.8. The lowest BCUT2D eigenvalue weighted by molar-refractivity contribution is 0.0398. The summed E-state index contributed by atoms with van der Waals surface area (Å²) < 4.78 is 5.34. The smallest absolute Gasteiger partial charge is 0.276 e. The van der Waals surface area contributed by atoms with Gasteiger partial charge in [0.25, 0.3) is 5.91 Å². The number of morpholine rings is 1. The van der Waals surface area contributed by atoms with E-state index >= 15 is 0 Å². The summed E-state index contributed by atoms with van der Waals surface area (Å²) in [5, 5.41) is 14.4. The second-order valence-corrected chi connectivity index (χ2v) is 6.91. The lowest BCUT2D eigenvalue weighted by Crippen LogP contribution is -2.39. The molecule has 1 aliphatic heterocycles. The highest BCUT2D eigenvalue weighted by Crippen LogP contribution is 2.22. The van der Waals surface area contributed by atoms with Crippen LogP contribution in [0.5, 0.6) is 0 Å². The van der Waals surface area contributed by atoms with Gasteiger partial charge in [0.15, 0.2) is 5.69 Å². The van der Waals surface area contributed by atoms with Crippen LogP contribution in [0.15, 0.2) is 24.3 Å². The second-order valence-electron chi connectivity index (χ2n) is 6.91. The molecule has 1 aromatic carbocycles. The number of hydrogen-bond acceptors (Lipinski definition) is 6. The quantitative estimate of drug-likeness (QED) is 0.814. The van der Waals surface area contributed by atoms with Crippen LogP contribution >= 0.6 is 0 Å². The molecular formula is C20H27N5O2. The molecule has 144 valence electrons. The Morgan fingerprint density at radius 3 is 2.44 bits per heavy atom. The van der Waals surface area contributed by atoms with Crippen LogP contribution in [0.4, 0.5) is 11.5 Å². The van der Waals surface area contributed by atoms with E-state index in [1.54, 1.807) is 12.1 Å². The summed E-state index contributed by atoms with van der Waals surface area (Å²) in [6.45, 7) is 11.2. The van der Waals surface area contributed by atoms with Crippen LogP contribution in [0.3, 0.4) is 0 Å². The molecule has 2 N–H and O–H groups in total. The number of carbonyl (C=O) groups excluding carboxylic acids is 1. The molecule has 0 atom stereocenters. The van der Waals surface area contributed by atoms with Gasteiger partial charge >= 0.3 is 0 Å². The van der Waals surface area contributed by atoms with Gasteiger partial charge in [0.2, 0.25) is 0 Å². The van der Waals surface area contributed by atoms with Crippen molar-refractivity contribution in [2.75, 3.05) is 50.0 Å². The lowest BCUT2D eigenvalue weighted by Gasteiger charge is -2.26. The van der Waals surface area contributed by atoms with E-state index in [0.29, 0.717) is 11.5 Å². The summed E-state index contributed by atoms with van der Waals surface area (Å²) in [6, 6.07) is 7.58. The summed E-state index contributed by atoms with van der Waals surface area (Å²) in [6.07, 6.45) is 0. The minimum atomic E-state index is -0.252. The van der Waals surface area contributed by atoms with E-state index in [1.165, 1.54) is 5.56 Å². The zero-order valence-electron chi connectivity index (χ0n) is 16.2. The van der Waals surface area contributed by atoms with E-state index < -0.39 is 0 Å². The maximum absolute atomic E-state index is 12.5. The van der Waals surface area contributed by atoms with E-state index in [2.05, 4.69) is 37.9 Å². The van der Waals surface area contributed by atoms with E-state index in [-0.39, 0.29) is 5.91 Å². The van der Waals surface area contributed by atoms with Crippen molar-refractivity contribution < 1.29 is 9.53 Å². The molecule has 2 aromatic rings. The topological polar surface area (TPSA) is 79.4 Å². The number of carbonyl (C=O) groups is 1. The zero-order valence-corrected chi connectivity index (χ0v) is 16.2. The van der Waals surface area contributed by atoms with Gasteiger partial charge in [-0.15, -0.1) is 10.2 Å². The zero-order chi connectivity index (χ0) is 19.2. The lowest BCUT2D eigenvalue weighted by atomic mass is 10.1. The molecule has 3 rings (SSSR count). The Hall–Kier alpha value is -2.51. The number of aromatic nitrogens is 2. The molecular weight excluding hydrogens is 342 g/mol. The predicted molar refractivity (Wildman–Crippen MR) is 106 cm³/mol. The molecule has 0 unspecified atom stereocenters. The summed E-state index contributed by atoms with van der Waals surface area (Å²) in [5.41, 5.74) is 4.38. The highest BCUT2D eigenvalue weighted by Gasteiger charge is 2.13. The minimum Gasteiger partial charge on any atom is -0.379 e. The van der Waals surface area contributed by atoms with Gasteiger partial charge in [-0.25, -0.2) is 0 Å². The fourth-order valence-electron chi connectivity index (χ4n) is 3.27. The largest absolute Gasteiger partial charge is 0.379 e. The van der Waals surface area contributed by atoms with E-state index in [9.17, 15) is 4.79 Å². The van der Waals surface area contributed by atoms with Gasteiger partial charge in [-0.05, 0) is 44.0 Å². The number of amides is 1. The van der Waals surface area contributed by atoms with Gasteiger partial charge in [-0.3, -0.25) is 9.69 Å². The molecule has 2 heterocycles. The van der Waals surface area contributed by atoms with Crippen LogP contribution in [0.25, 0.3) is 0 Å². The first-order chi connectivity index (χ1) is 13.0. The molecule has 0 spiro atoms. The Morgan fingerprint density at radius 2 is 1.81 bits per heavy atom. The molecule has 0 bridgehead atoms. The SMILES string of the molecule is Cc1cc(C)c(NC(=O)c2ccc(NCCN3CCOCC3)nn2)c(C)c1. The monoisotopic (exact) mass is 369 g/mol. The molecule has 1 fully saturated rings. The van der Waals surface area contributed by atoms with Gasteiger partial charge in [0, 0.05) is 31.9 Å².